The third-order valence-corrected chi connectivity index (χ3v) is 15.6. The minimum atomic E-state index is -1.83. The molecular formula is C54H84N14O16. The van der Waals surface area contributed by atoms with Crippen LogP contribution < -0.4 is 70.2 Å². The number of aliphatic hydroxyl groups is 1. The number of benzene rings is 1. The zero-order chi connectivity index (χ0) is 62.6. The number of ether oxygens (including phenoxy) is 1. The minimum Gasteiger partial charge on any atom is -0.484 e. The normalized spacial score (nSPS) is 20.6. The van der Waals surface area contributed by atoms with Gasteiger partial charge in [0.25, 0.3) is 5.91 Å². The van der Waals surface area contributed by atoms with E-state index < -0.39 is 146 Å². The van der Waals surface area contributed by atoms with E-state index in [9.17, 15) is 73.2 Å². The summed E-state index contributed by atoms with van der Waals surface area (Å²) in [5.74, 6) is -12.4. The number of aliphatic imine (C=N–C) groups is 2. The van der Waals surface area contributed by atoms with E-state index in [0.717, 1.165) is 44.1 Å². The summed E-state index contributed by atoms with van der Waals surface area (Å²) in [5, 5.41) is 58.0. The van der Waals surface area contributed by atoms with Crippen LogP contribution in [-0.4, -0.2) is 173 Å². The number of amides is 8. The van der Waals surface area contributed by atoms with Crippen molar-refractivity contribution in [3.8, 4) is 5.75 Å². The van der Waals surface area contributed by atoms with Crippen LogP contribution in [0.5, 0.6) is 5.75 Å². The van der Waals surface area contributed by atoms with Gasteiger partial charge in [-0.2, -0.15) is 0 Å². The molecule has 2 fully saturated rings. The van der Waals surface area contributed by atoms with Gasteiger partial charge in [-0.25, -0.2) is 4.79 Å². The molecular weight excluding hydrogens is 1100 g/mol. The summed E-state index contributed by atoms with van der Waals surface area (Å²) in [6, 6.07) is -3.43. The van der Waals surface area contributed by atoms with Crippen molar-refractivity contribution in [2.45, 2.75) is 160 Å². The molecule has 11 atom stereocenters. The van der Waals surface area contributed by atoms with Gasteiger partial charge in [0.15, 0.2) is 18.5 Å². The Balaban J connectivity index is 1.38. The Morgan fingerprint density at radius 2 is 1.12 bits per heavy atom. The van der Waals surface area contributed by atoms with Crippen LogP contribution in [0.4, 0.5) is 0 Å². The number of hydrogen-bond acceptors (Lipinski definition) is 15. The standard InChI is InChI=1S/C54H84N14O16/c1-26(2)44(50(81)66-35(9-7-19-60-53(57)58)47(78)62-24-40(71)65-37(22-43(75)76)49(80)68-45(27(3)4)51(82)83)67-48(79)36(21-42(73)74)64-39(70)23-61-46(77)34(8-6-18-59-52(55)56)63-41(72)25-84-29-11-13-30-28(20-29)10-12-32-31(30)16-17-54(5)33(32)14-15-38(54)69/h11,13,20,26-27,31-38,44-45,69H,6-10,12,14-19,21-25H2,1-5H3,(H,61,77)(H,62,78)(H,63,72)(H,64,70)(H,65,71)(H,66,81)(H,67,79)(H,68,80)(H,73,74)(H,75,76)(H,82,83)(H4,55,56,59)(H4,57,58,60)/t31?,32?,33?,34-,35-,36-,37-,38?,44-,45-,54?/m0/s1. The number of rotatable bonds is 33. The highest BCUT2D eigenvalue weighted by Crippen LogP contribution is 2.61. The summed E-state index contributed by atoms with van der Waals surface area (Å²) in [6.45, 7) is 6.12. The molecule has 30 heteroatoms. The first kappa shape index (κ1) is 68.2. The maximum Gasteiger partial charge on any atom is 0.326 e. The first-order valence-electron chi connectivity index (χ1n) is 28.1. The lowest BCUT2D eigenvalue weighted by molar-refractivity contribution is -0.144. The fourth-order valence-electron chi connectivity index (χ4n) is 11.2. The van der Waals surface area contributed by atoms with Crippen molar-refractivity contribution < 1.29 is 77.9 Å². The predicted molar refractivity (Wildman–Crippen MR) is 302 cm³/mol. The van der Waals surface area contributed by atoms with Gasteiger partial charge in [-0.05, 0) is 122 Å². The highest BCUT2D eigenvalue weighted by Gasteiger charge is 2.54. The molecule has 4 rings (SSSR count). The van der Waals surface area contributed by atoms with Crippen LogP contribution in [0.2, 0.25) is 0 Å². The highest BCUT2D eigenvalue weighted by atomic mass is 16.5. The maximum absolute atomic E-state index is 13.9. The van der Waals surface area contributed by atoms with E-state index in [1.165, 1.54) is 33.3 Å². The van der Waals surface area contributed by atoms with Gasteiger partial charge in [-0.15, -0.1) is 0 Å². The molecule has 0 radical (unpaired) electrons. The smallest absolute Gasteiger partial charge is 0.326 e. The molecule has 20 N–H and O–H groups in total. The molecule has 0 spiro atoms. The van der Waals surface area contributed by atoms with Gasteiger partial charge in [-0.3, -0.25) is 57.9 Å². The number of nitrogens with two attached hydrogens (primary N) is 4. The van der Waals surface area contributed by atoms with Crippen molar-refractivity contribution in [1.82, 2.24) is 42.5 Å². The number of guanidine groups is 2. The molecule has 0 bridgehead atoms. The summed E-state index contributed by atoms with van der Waals surface area (Å²) < 4.78 is 5.89. The first-order chi connectivity index (χ1) is 39.5. The Morgan fingerprint density at radius 3 is 1.61 bits per heavy atom. The second kappa shape index (κ2) is 31.9. The van der Waals surface area contributed by atoms with Gasteiger partial charge >= 0.3 is 17.9 Å². The van der Waals surface area contributed by atoms with Crippen LogP contribution in [0.1, 0.15) is 122 Å². The molecule has 30 nitrogen and oxygen atoms in total. The molecule has 0 aromatic heterocycles. The summed E-state index contributed by atoms with van der Waals surface area (Å²) >= 11 is 0. The molecule has 1 aromatic carbocycles. The molecule has 3 aliphatic rings. The van der Waals surface area contributed by atoms with Gasteiger partial charge in [0.2, 0.25) is 41.4 Å². The lowest BCUT2D eigenvalue weighted by Gasteiger charge is -2.50. The number of aryl methyl sites for hydroxylation is 1. The van der Waals surface area contributed by atoms with Gasteiger partial charge < -0.3 is 90.6 Å². The van der Waals surface area contributed by atoms with E-state index in [-0.39, 0.29) is 62.2 Å². The second-order valence-electron chi connectivity index (χ2n) is 22.5. The average molecular weight is 1190 g/mol. The number of carbonyl (C=O) groups is 11. The van der Waals surface area contributed by atoms with Crippen molar-refractivity contribution in [2.24, 2.45) is 62.0 Å². The van der Waals surface area contributed by atoms with Crippen molar-refractivity contribution >= 4 is 77.1 Å². The summed E-state index contributed by atoms with van der Waals surface area (Å²) in [6.07, 6.45) is 3.48. The summed E-state index contributed by atoms with van der Waals surface area (Å²) in [4.78, 5) is 150. The number of aliphatic hydroxyl groups excluding tert-OH is 1. The van der Waals surface area contributed by atoms with Crippen LogP contribution in [0.25, 0.3) is 0 Å². The van der Waals surface area contributed by atoms with Gasteiger partial charge in [0, 0.05) is 13.1 Å². The number of fused-ring (bicyclic) bond motifs is 5. The second-order valence-corrected chi connectivity index (χ2v) is 22.5. The third-order valence-electron chi connectivity index (χ3n) is 15.6. The highest BCUT2D eigenvalue weighted by molar-refractivity contribution is 5.98. The SMILES string of the molecule is CC(C)[C@H](NC(=O)[C@H](CC(=O)O)NC(=O)CNC(=O)[C@H](CCCN=C(N)N)NC(=O)[C@@H](NC(=O)[C@H](CC(=O)O)NC(=O)CNC(=O)[C@H](CCCN=C(N)N)NC(=O)COc1ccc2c(c1)CCC1C2CCC2(C)C(O)CCC12)C(C)C)C(=O)O. The number of carbonyl (C=O) groups excluding carboxylic acids is 8. The molecule has 3 aliphatic carbocycles. The number of aliphatic carboxylic acids is 3. The van der Waals surface area contributed by atoms with Crippen LogP contribution in [-0.2, 0) is 59.2 Å². The van der Waals surface area contributed by atoms with Gasteiger partial charge in [0.05, 0.1) is 32.0 Å². The lowest BCUT2D eigenvalue weighted by atomic mass is 9.55. The van der Waals surface area contributed by atoms with Crippen molar-refractivity contribution in [1.29, 1.82) is 0 Å². The number of nitrogens with zero attached hydrogens (tertiary/aromatic N) is 2. The molecule has 5 unspecified atom stereocenters. The number of hydrogen-bond donors (Lipinski definition) is 16. The topological polar surface area (TPSA) is 503 Å². The van der Waals surface area contributed by atoms with E-state index in [1.54, 1.807) is 0 Å². The molecule has 2 saturated carbocycles. The molecule has 0 saturated heterocycles. The maximum atomic E-state index is 13.9. The Labute approximate surface area is 486 Å². The van der Waals surface area contributed by atoms with Crippen molar-refractivity contribution in [3.05, 3.63) is 29.3 Å². The Hall–Kier alpha value is -8.31. The predicted octanol–water partition coefficient (Wildman–Crippen LogP) is -3.12. The van der Waals surface area contributed by atoms with Crippen LogP contribution in [0.3, 0.4) is 0 Å². The average Bonchev–Trinajstić information content (AvgIpc) is 2.12. The third kappa shape index (κ3) is 20.5. The Morgan fingerprint density at radius 1 is 0.619 bits per heavy atom. The van der Waals surface area contributed by atoms with Gasteiger partial charge in [-0.1, -0.05) is 40.7 Å². The molecule has 466 valence electrons. The zero-order valence-corrected chi connectivity index (χ0v) is 48.1. The molecule has 8 amide bonds. The van der Waals surface area contributed by atoms with E-state index in [2.05, 4.69) is 59.4 Å². The Bertz CT molecular complexity index is 2630. The quantitative estimate of drug-likeness (QED) is 0.0188. The van der Waals surface area contributed by atoms with E-state index in [4.69, 9.17) is 27.7 Å². The fraction of sp³-hybridized carbons (Fsp3) is 0.648. The first-order valence-corrected chi connectivity index (χ1v) is 28.1. The number of carboxylic acids is 3. The van der Waals surface area contributed by atoms with Gasteiger partial charge in [0.1, 0.15) is 42.0 Å². The van der Waals surface area contributed by atoms with E-state index in [1.807, 2.05) is 18.2 Å². The Kier molecular flexibility index (Phi) is 25.9. The monoisotopic (exact) mass is 1180 g/mol. The largest absolute Gasteiger partial charge is 0.484 e. The van der Waals surface area contributed by atoms with Crippen LogP contribution in [0, 0.1) is 29.1 Å². The summed E-state index contributed by atoms with van der Waals surface area (Å²) in [5.41, 5.74) is 24.1. The number of nitrogens with one attached hydrogen (secondary N) is 8. The van der Waals surface area contributed by atoms with E-state index in [0.29, 0.717) is 23.5 Å². The van der Waals surface area contributed by atoms with Crippen LogP contribution >= 0.6 is 0 Å². The fourth-order valence-corrected chi connectivity index (χ4v) is 11.2. The summed E-state index contributed by atoms with van der Waals surface area (Å²) in [7, 11) is 0. The molecule has 1 aromatic rings. The minimum absolute atomic E-state index is 0.00304. The lowest BCUT2D eigenvalue weighted by Crippen LogP contribution is -2.59. The van der Waals surface area contributed by atoms with Crippen LogP contribution in [0.15, 0.2) is 28.2 Å². The van der Waals surface area contributed by atoms with E-state index >= 15 is 0 Å². The van der Waals surface area contributed by atoms with Crippen molar-refractivity contribution in [3.63, 3.8) is 0 Å². The number of carboxylic acid groups (broad SMARTS) is 3. The zero-order valence-electron chi connectivity index (χ0n) is 48.1. The van der Waals surface area contributed by atoms with Crippen molar-refractivity contribution in [2.75, 3.05) is 32.8 Å². The molecule has 0 heterocycles. The molecule has 0 aliphatic heterocycles. The molecule has 84 heavy (non-hydrogen) atoms.